The predicted molar refractivity (Wildman–Crippen MR) is 131 cm³/mol. The molecular formula is C26H19F4N7O2. The Morgan fingerprint density at radius 1 is 1.10 bits per heavy atom. The third-order valence-electron chi connectivity index (χ3n) is 6.54. The fourth-order valence-corrected chi connectivity index (χ4v) is 4.60. The lowest BCUT2D eigenvalue weighted by Crippen LogP contribution is -2.48. The van der Waals surface area contributed by atoms with Crippen LogP contribution in [0.4, 0.5) is 23.4 Å². The van der Waals surface area contributed by atoms with Gasteiger partial charge >= 0.3 is 6.18 Å². The molecule has 2 aromatic carbocycles. The Hall–Kier alpha value is -4.81. The topological polar surface area (TPSA) is 116 Å². The summed E-state index contributed by atoms with van der Waals surface area (Å²) in [5.74, 6) is -0.570. The number of carbonyl (C=O) groups is 1. The van der Waals surface area contributed by atoms with Gasteiger partial charge in [-0.2, -0.15) is 23.3 Å². The average molecular weight is 537 g/mol. The lowest BCUT2D eigenvalue weighted by molar-refractivity contribution is -0.137. The molecule has 1 saturated heterocycles. The number of pyridine rings is 1. The third kappa shape index (κ3) is 4.56. The molecule has 5 aromatic rings. The third-order valence-corrected chi connectivity index (χ3v) is 6.54. The van der Waals surface area contributed by atoms with Crippen molar-refractivity contribution in [3.8, 4) is 11.4 Å². The Balaban J connectivity index is 1.25. The van der Waals surface area contributed by atoms with E-state index in [1.54, 1.807) is 23.1 Å². The number of halogens is 4. The van der Waals surface area contributed by atoms with E-state index in [4.69, 9.17) is 10.3 Å². The van der Waals surface area contributed by atoms with Gasteiger partial charge in [-0.1, -0.05) is 23.4 Å². The molecule has 0 bridgehead atoms. The molecule has 6 rings (SSSR count). The van der Waals surface area contributed by atoms with Crippen molar-refractivity contribution in [3.63, 3.8) is 0 Å². The fourth-order valence-electron chi connectivity index (χ4n) is 4.60. The standard InChI is InChI=1S/C26H19F4N7O2/c27-18-5-2-6-19-22(18)23(16-11-36(12-16)25(38)15-7-8-32-20(31)10-15)34-37(19)13-21-33-24(35-39-21)14-3-1-4-17(9-14)26(28,29)30/h1-10,16H,11-13H2,(H2,31,32). The second-order valence-electron chi connectivity index (χ2n) is 9.14. The van der Waals surface area contributed by atoms with E-state index in [9.17, 15) is 22.4 Å². The highest BCUT2D eigenvalue weighted by Gasteiger charge is 2.36. The van der Waals surface area contributed by atoms with Crippen LogP contribution in [0.1, 0.15) is 33.4 Å². The average Bonchev–Trinajstić information content (AvgIpc) is 3.49. The van der Waals surface area contributed by atoms with Gasteiger partial charge in [0.15, 0.2) is 0 Å². The summed E-state index contributed by atoms with van der Waals surface area (Å²) >= 11 is 0. The zero-order valence-corrected chi connectivity index (χ0v) is 20.1. The van der Waals surface area contributed by atoms with Gasteiger partial charge in [0, 0.05) is 36.3 Å². The van der Waals surface area contributed by atoms with Crippen LogP contribution in [-0.4, -0.2) is 48.8 Å². The molecule has 0 atom stereocenters. The molecule has 3 aromatic heterocycles. The Labute approximate surface area is 217 Å². The number of alkyl halides is 3. The number of nitrogens with two attached hydrogens (primary N) is 1. The van der Waals surface area contributed by atoms with Crippen LogP contribution in [0, 0.1) is 5.82 Å². The number of benzene rings is 2. The van der Waals surface area contributed by atoms with Gasteiger partial charge in [-0.15, -0.1) is 0 Å². The van der Waals surface area contributed by atoms with Gasteiger partial charge in [-0.05, 0) is 36.4 Å². The Bertz CT molecular complexity index is 1710. The molecule has 13 heteroatoms. The van der Waals surface area contributed by atoms with Gasteiger partial charge in [0.2, 0.25) is 11.7 Å². The number of nitrogen functional groups attached to an aromatic ring is 1. The maximum Gasteiger partial charge on any atom is 0.416 e. The largest absolute Gasteiger partial charge is 0.416 e. The summed E-state index contributed by atoms with van der Waals surface area (Å²) in [5.41, 5.74) is 6.38. The fraction of sp³-hybridized carbons (Fsp3) is 0.192. The summed E-state index contributed by atoms with van der Waals surface area (Å²) in [4.78, 5) is 22.5. The minimum Gasteiger partial charge on any atom is -0.384 e. The molecule has 2 N–H and O–H groups in total. The van der Waals surface area contributed by atoms with Crippen LogP contribution < -0.4 is 5.73 Å². The summed E-state index contributed by atoms with van der Waals surface area (Å²) in [6.45, 7) is 0.640. The van der Waals surface area contributed by atoms with Crippen LogP contribution in [0.15, 0.2) is 65.3 Å². The summed E-state index contributed by atoms with van der Waals surface area (Å²) < 4.78 is 61.0. The second kappa shape index (κ2) is 9.19. The highest BCUT2D eigenvalue weighted by molar-refractivity contribution is 5.95. The number of aromatic nitrogens is 5. The number of carbonyl (C=O) groups excluding carboxylic acids is 1. The normalized spacial score (nSPS) is 14.1. The Kier molecular flexibility index (Phi) is 5.78. The zero-order chi connectivity index (χ0) is 27.3. The van der Waals surface area contributed by atoms with Gasteiger partial charge in [0.1, 0.15) is 18.2 Å². The molecule has 198 valence electrons. The highest BCUT2D eigenvalue weighted by atomic mass is 19.4. The molecular weight excluding hydrogens is 518 g/mol. The highest BCUT2D eigenvalue weighted by Crippen LogP contribution is 2.35. The van der Waals surface area contributed by atoms with Gasteiger partial charge in [-0.3, -0.25) is 9.48 Å². The Morgan fingerprint density at radius 3 is 2.67 bits per heavy atom. The van der Waals surface area contributed by atoms with Crippen LogP contribution in [0.5, 0.6) is 0 Å². The number of amides is 1. The first-order valence-corrected chi connectivity index (χ1v) is 11.8. The van der Waals surface area contributed by atoms with Crippen molar-refractivity contribution in [2.45, 2.75) is 18.6 Å². The number of hydrogen-bond donors (Lipinski definition) is 1. The zero-order valence-electron chi connectivity index (χ0n) is 20.1. The van der Waals surface area contributed by atoms with Crippen LogP contribution in [0.3, 0.4) is 0 Å². The van der Waals surface area contributed by atoms with Crippen molar-refractivity contribution in [2.75, 3.05) is 18.8 Å². The van der Waals surface area contributed by atoms with Crippen molar-refractivity contribution in [2.24, 2.45) is 0 Å². The molecule has 1 amide bonds. The first-order valence-electron chi connectivity index (χ1n) is 11.8. The number of fused-ring (bicyclic) bond motifs is 1. The maximum atomic E-state index is 14.9. The van der Waals surface area contributed by atoms with Crippen molar-refractivity contribution >= 4 is 22.6 Å². The van der Waals surface area contributed by atoms with Crippen molar-refractivity contribution in [1.29, 1.82) is 0 Å². The minimum absolute atomic E-state index is 0.0103. The van der Waals surface area contributed by atoms with E-state index >= 15 is 0 Å². The van der Waals surface area contributed by atoms with E-state index in [1.807, 2.05) is 0 Å². The maximum absolute atomic E-state index is 14.9. The summed E-state index contributed by atoms with van der Waals surface area (Å²) in [6.07, 6.45) is -3.05. The van der Waals surface area contributed by atoms with Crippen molar-refractivity contribution < 1.29 is 26.9 Å². The predicted octanol–water partition coefficient (Wildman–Crippen LogP) is 4.51. The van der Waals surface area contributed by atoms with Crippen molar-refractivity contribution in [3.05, 3.63) is 89.3 Å². The van der Waals surface area contributed by atoms with E-state index < -0.39 is 17.6 Å². The van der Waals surface area contributed by atoms with Gasteiger partial charge in [-0.25, -0.2) is 9.37 Å². The van der Waals surface area contributed by atoms with Crippen LogP contribution >= 0.6 is 0 Å². The molecule has 4 heterocycles. The molecule has 0 unspecified atom stereocenters. The van der Waals surface area contributed by atoms with Crippen molar-refractivity contribution in [1.82, 2.24) is 29.8 Å². The number of nitrogens with zero attached hydrogens (tertiary/aromatic N) is 6. The molecule has 1 aliphatic rings. The van der Waals surface area contributed by atoms with Gasteiger partial charge in [0.25, 0.3) is 5.91 Å². The lowest BCUT2D eigenvalue weighted by Gasteiger charge is -2.38. The second-order valence-corrected chi connectivity index (χ2v) is 9.14. The molecule has 39 heavy (non-hydrogen) atoms. The lowest BCUT2D eigenvalue weighted by atomic mass is 9.93. The molecule has 0 aliphatic carbocycles. The SMILES string of the molecule is Nc1cc(C(=O)N2CC(c3nn(Cc4nc(-c5cccc(C(F)(F)F)c5)no4)c4cccc(F)c34)C2)ccn1. The van der Waals surface area contributed by atoms with Crippen LogP contribution in [0.25, 0.3) is 22.3 Å². The molecule has 9 nitrogen and oxygen atoms in total. The molecule has 0 spiro atoms. The molecule has 0 saturated carbocycles. The Morgan fingerprint density at radius 2 is 1.90 bits per heavy atom. The molecule has 0 radical (unpaired) electrons. The number of hydrogen-bond acceptors (Lipinski definition) is 7. The number of rotatable bonds is 5. The molecule has 1 fully saturated rings. The summed E-state index contributed by atoms with van der Waals surface area (Å²) in [6, 6.07) is 12.3. The van der Waals surface area contributed by atoms with E-state index in [0.717, 1.165) is 12.1 Å². The van der Waals surface area contributed by atoms with E-state index in [0.29, 0.717) is 35.2 Å². The van der Waals surface area contributed by atoms with E-state index in [-0.39, 0.29) is 41.5 Å². The number of likely N-dealkylation sites (tertiary alicyclic amines) is 1. The quantitative estimate of drug-likeness (QED) is 0.328. The smallest absolute Gasteiger partial charge is 0.384 e. The van der Waals surface area contributed by atoms with E-state index in [2.05, 4.69) is 20.2 Å². The van der Waals surface area contributed by atoms with E-state index in [1.165, 1.54) is 35.1 Å². The molecule has 1 aliphatic heterocycles. The minimum atomic E-state index is -4.51. The number of anilines is 1. The van der Waals surface area contributed by atoms with Crippen LogP contribution in [0.2, 0.25) is 0 Å². The first-order chi connectivity index (χ1) is 18.7. The van der Waals surface area contributed by atoms with Gasteiger partial charge in [0.05, 0.1) is 22.2 Å². The van der Waals surface area contributed by atoms with Crippen LogP contribution in [-0.2, 0) is 12.7 Å². The van der Waals surface area contributed by atoms with Gasteiger partial charge < -0.3 is 15.2 Å². The summed E-state index contributed by atoms with van der Waals surface area (Å²) in [5, 5.41) is 8.74. The summed E-state index contributed by atoms with van der Waals surface area (Å²) in [7, 11) is 0. The monoisotopic (exact) mass is 537 g/mol. The first kappa shape index (κ1) is 24.5.